The molecule has 2 nitrogen and oxygen atoms in total. The Morgan fingerprint density at radius 2 is 1.80 bits per heavy atom. The largest absolute Gasteiger partial charge is 0.496 e. The van der Waals surface area contributed by atoms with Crippen molar-refractivity contribution in [3.8, 4) is 5.75 Å². The van der Waals surface area contributed by atoms with E-state index in [4.69, 9.17) is 22.1 Å². The highest BCUT2D eigenvalue weighted by Crippen LogP contribution is 2.34. The average Bonchev–Trinajstić information content (AvgIpc) is 2.42. The van der Waals surface area contributed by atoms with Crippen LogP contribution < -0.4 is 10.5 Å². The van der Waals surface area contributed by atoms with E-state index in [2.05, 4.69) is 15.9 Å². The highest BCUT2D eigenvalue weighted by atomic mass is 79.9. The van der Waals surface area contributed by atoms with Crippen molar-refractivity contribution in [3.05, 3.63) is 62.6 Å². The molecule has 0 heterocycles. The Morgan fingerprint density at radius 1 is 1.15 bits per heavy atom. The van der Waals surface area contributed by atoms with Gasteiger partial charge in [0.2, 0.25) is 0 Å². The summed E-state index contributed by atoms with van der Waals surface area (Å²) in [5.41, 5.74) is 7.02. The highest BCUT2D eigenvalue weighted by molar-refractivity contribution is 9.10. The fourth-order valence-electron chi connectivity index (χ4n) is 1.89. The molecular weight excluding hydrogens is 352 g/mol. The third-order valence-electron chi connectivity index (χ3n) is 2.91. The van der Waals surface area contributed by atoms with Crippen LogP contribution in [0.4, 0.5) is 8.78 Å². The maximum atomic E-state index is 13.4. The number of halogens is 4. The van der Waals surface area contributed by atoms with E-state index in [-0.39, 0.29) is 5.02 Å². The van der Waals surface area contributed by atoms with Gasteiger partial charge in [0.1, 0.15) is 5.75 Å². The van der Waals surface area contributed by atoms with Gasteiger partial charge in [0.25, 0.3) is 0 Å². The van der Waals surface area contributed by atoms with E-state index >= 15 is 0 Å². The maximum absolute atomic E-state index is 13.4. The summed E-state index contributed by atoms with van der Waals surface area (Å²) < 4.78 is 32.5. The van der Waals surface area contributed by atoms with Crippen LogP contribution in [0.15, 0.2) is 34.8 Å². The Morgan fingerprint density at radius 3 is 2.45 bits per heavy atom. The summed E-state index contributed by atoms with van der Waals surface area (Å²) in [7, 11) is 1.50. The van der Waals surface area contributed by atoms with Crippen molar-refractivity contribution in [3.63, 3.8) is 0 Å². The summed E-state index contributed by atoms with van der Waals surface area (Å²) in [6.07, 6.45) is 0. The zero-order valence-electron chi connectivity index (χ0n) is 10.5. The molecule has 1 atom stereocenters. The summed E-state index contributed by atoms with van der Waals surface area (Å²) in [6, 6.07) is 6.46. The van der Waals surface area contributed by atoms with Crippen molar-refractivity contribution in [1.82, 2.24) is 0 Å². The van der Waals surface area contributed by atoms with E-state index in [1.54, 1.807) is 18.2 Å². The first kappa shape index (κ1) is 15.2. The van der Waals surface area contributed by atoms with Crippen molar-refractivity contribution in [2.45, 2.75) is 6.04 Å². The van der Waals surface area contributed by atoms with Crippen LogP contribution in [0.5, 0.6) is 5.75 Å². The average molecular weight is 363 g/mol. The monoisotopic (exact) mass is 361 g/mol. The van der Waals surface area contributed by atoms with Crippen LogP contribution >= 0.6 is 27.5 Å². The number of ether oxygens (including phenoxy) is 1. The summed E-state index contributed by atoms with van der Waals surface area (Å²) in [6.45, 7) is 0. The molecule has 0 bridgehead atoms. The fraction of sp³-hybridized carbons (Fsp3) is 0.143. The maximum Gasteiger partial charge on any atom is 0.160 e. The minimum absolute atomic E-state index is 0.0707. The highest BCUT2D eigenvalue weighted by Gasteiger charge is 2.19. The minimum atomic E-state index is -1.01. The molecule has 0 aromatic heterocycles. The van der Waals surface area contributed by atoms with Crippen LogP contribution in [0.2, 0.25) is 5.02 Å². The first-order chi connectivity index (χ1) is 9.43. The molecule has 20 heavy (non-hydrogen) atoms. The predicted octanol–water partition coefficient (Wildman–Crippen LogP) is 4.44. The Balaban J connectivity index is 2.51. The van der Waals surface area contributed by atoms with Crippen LogP contribution in [0, 0.1) is 11.6 Å². The number of hydrogen-bond acceptors (Lipinski definition) is 2. The molecule has 2 N–H and O–H groups in total. The van der Waals surface area contributed by atoms with Crippen molar-refractivity contribution in [2.24, 2.45) is 5.73 Å². The van der Waals surface area contributed by atoms with Crippen LogP contribution in [0.1, 0.15) is 17.2 Å². The first-order valence-corrected chi connectivity index (χ1v) is 6.84. The zero-order valence-corrected chi connectivity index (χ0v) is 12.8. The van der Waals surface area contributed by atoms with Gasteiger partial charge in [-0.2, -0.15) is 0 Å². The molecule has 2 rings (SSSR count). The molecule has 0 aliphatic rings. The van der Waals surface area contributed by atoms with Gasteiger partial charge in [-0.1, -0.05) is 33.6 Å². The van der Waals surface area contributed by atoms with E-state index in [0.29, 0.717) is 16.9 Å². The summed E-state index contributed by atoms with van der Waals surface area (Å²) in [4.78, 5) is 0. The lowest BCUT2D eigenvalue weighted by molar-refractivity contribution is 0.407. The fourth-order valence-corrected chi connectivity index (χ4v) is 2.49. The van der Waals surface area contributed by atoms with Gasteiger partial charge in [-0.05, 0) is 29.8 Å². The van der Waals surface area contributed by atoms with Gasteiger partial charge in [0.15, 0.2) is 11.6 Å². The quantitative estimate of drug-likeness (QED) is 0.820. The smallest absolute Gasteiger partial charge is 0.160 e. The third kappa shape index (κ3) is 2.95. The normalized spacial score (nSPS) is 12.3. The SMILES string of the molecule is COc1cc(Br)ccc1C(N)c1cc(F)c(F)cc1Cl. The molecule has 0 saturated carbocycles. The van der Waals surface area contributed by atoms with Gasteiger partial charge < -0.3 is 10.5 Å². The van der Waals surface area contributed by atoms with Crippen LogP contribution in [-0.4, -0.2) is 7.11 Å². The van der Waals surface area contributed by atoms with Gasteiger partial charge >= 0.3 is 0 Å². The van der Waals surface area contributed by atoms with E-state index in [0.717, 1.165) is 16.6 Å². The second-order valence-corrected chi connectivity index (χ2v) is 5.47. The van der Waals surface area contributed by atoms with Gasteiger partial charge in [0, 0.05) is 15.1 Å². The summed E-state index contributed by atoms with van der Waals surface area (Å²) in [5.74, 6) is -1.46. The Bertz CT molecular complexity index is 651. The number of benzene rings is 2. The van der Waals surface area contributed by atoms with Gasteiger partial charge in [-0.25, -0.2) is 8.78 Å². The zero-order chi connectivity index (χ0) is 14.9. The molecule has 1 unspecified atom stereocenters. The number of nitrogens with two attached hydrogens (primary N) is 1. The lowest BCUT2D eigenvalue weighted by Crippen LogP contribution is -2.14. The first-order valence-electron chi connectivity index (χ1n) is 5.67. The Kier molecular flexibility index (Phi) is 4.62. The third-order valence-corrected chi connectivity index (χ3v) is 3.73. The molecule has 0 fully saturated rings. The molecule has 106 valence electrons. The molecule has 2 aromatic rings. The number of hydrogen-bond donors (Lipinski definition) is 1. The molecular formula is C14H11BrClF2NO. The van der Waals surface area contributed by atoms with Crippen LogP contribution in [0.25, 0.3) is 0 Å². The molecule has 0 spiro atoms. The predicted molar refractivity (Wildman–Crippen MR) is 78.1 cm³/mol. The number of rotatable bonds is 3. The Labute approximate surface area is 128 Å². The van der Waals surface area contributed by atoms with Crippen LogP contribution in [-0.2, 0) is 0 Å². The van der Waals surface area contributed by atoms with Crippen molar-refractivity contribution in [2.75, 3.05) is 7.11 Å². The van der Waals surface area contributed by atoms with Crippen molar-refractivity contribution < 1.29 is 13.5 Å². The minimum Gasteiger partial charge on any atom is -0.496 e. The van der Waals surface area contributed by atoms with E-state index in [1.807, 2.05) is 0 Å². The van der Waals surface area contributed by atoms with Crippen LogP contribution in [0.3, 0.4) is 0 Å². The lowest BCUT2D eigenvalue weighted by Gasteiger charge is -2.18. The molecule has 0 aliphatic heterocycles. The van der Waals surface area contributed by atoms with Gasteiger partial charge in [0.05, 0.1) is 13.2 Å². The lowest BCUT2D eigenvalue weighted by atomic mass is 9.98. The molecule has 2 aromatic carbocycles. The van der Waals surface area contributed by atoms with Crippen molar-refractivity contribution in [1.29, 1.82) is 0 Å². The Hall–Kier alpha value is -1.17. The standard InChI is InChI=1S/C14H11BrClF2NO/c1-20-13-4-7(15)2-3-8(13)14(19)9-5-11(17)12(18)6-10(9)16/h2-6,14H,19H2,1H3. The summed E-state index contributed by atoms with van der Waals surface area (Å²) in [5, 5.41) is 0.0707. The van der Waals surface area contributed by atoms with E-state index in [9.17, 15) is 8.78 Å². The van der Waals surface area contributed by atoms with Gasteiger partial charge in [-0.3, -0.25) is 0 Å². The molecule has 0 aliphatic carbocycles. The second-order valence-electron chi connectivity index (χ2n) is 4.15. The second kappa shape index (κ2) is 6.08. The topological polar surface area (TPSA) is 35.2 Å². The molecule has 6 heteroatoms. The van der Waals surface area contributed by atoms with Gasteiger partial charge in [-0.15, -0.1) is 0 Å². The number of methoxy groups -OCH3 is 1. The summed E-state index contributed by atoms with van der Waals surface area (Å²) >= 11 is 9.26. The molecule has 0 saturated heterocycles. The molecule has 0 radical (unpaired) electrons. The van der Waals surface area contributed by atoms with Crippen molar-refractivity contribution >= 4 is 27.5 Å². The molecule has 0 amide bonds. The van der Waals surface area contributed by atoms with E-state index in [1.165, 1.54) is 7.11 Å². The van der Waals surface area contributed by atoms with E-state index < -0.39 is 17.7 Å².